The molecule has 0 spiro atoms. The molecule has 1 saturated heterocycles. The van der Waals surface area contributed by atoms with E-state index in [0.717, 1.165) is 6.42 Å². The number of hydrogen-bond acceptors (Lipinski definition) is 5. The van der Waals surface area contributed by atoms with Crippen LogP contribution < -0.4 is 20.1 Å². The Kier molecular flexibility index (Phi) is 7.99. The fourth-order valence-corrected chi connectivity index (χ4v) is 4.06. The van der Waals surface area contributed by atoms with E-state index in [1.54, 1.807) is 18.2 Å². The molecule has 1 aromatic rings. The lowest BCUT2D eigenvalue weighted by Crippen LogP contribution is -2.55. The average molecular weight is 446 g/mol. The summed E-state index contributed by atoms with van der Waals surface area (Å²) < 4.78 is 10.7. The van der Waals surface area contributed by atoms with Crippen LogP contribution in [0.4, 0.5) is 0 Å². The molecular weight excluding hydrogens is 410 g/mol. The van der Waals surface area contributed by atoms with E-state index < -0.39 is 6.04 Å². The van der Waals surface area contributed by atoms with Crippen molar-refractivity contribution in [2.45, 2.75) is 65.5 Å². The van der Waals surface area contributed by atoms with Gasteiger partial charge in [0.1, 0.15) is 6.04 Å². The molecule has 0 unspecified atom stereocenters. The summed E-state index contributed by atoms with van der Waals surface area (Å²) in [4.78, 5) is 40.4. The second-order valence-electron chi connectivity index (χ2n) is 9.15. The molecule has 3 rings (SSSR count). The van der Waals surface area contributed by atoms with Gasteiger partial charge >= 0.3 is 0 Å². The fraction of sp³-hybridized carbons (Fsp3) is 0.625. The van der Waals surface area contributed by atoms with Crippen molar-refractivity contribution in [2.24, 2.45) is 11.8 Å². The quantitative estimate of drug-likeness (QED) is 0.641. The maximum Gasteiger partial charge on any atom is 0.252 e. The normalized spacial score (nSPS) is 17.7. The van der Waals surface area contributed by atoms with Crippen molar-refractivity contribution in [1.82, 2.24) is 15.5 Å². The van der Waals surface area contributed by atoms with Gasteiger partial charge in [-0.05, 0) is 56.2 Å². The highest BCUT2D eigenvalue weighted by molar-refractivity contribution is 5.98. The number of benzene rings is 1. The SMILES string of the molecule is CC[C@@H](C)NC(=O)[C@H](NC(=O)c1ccc2c(c1)OCO2)C1CCN(C(=O)CC(C)C)CC1. The van der Waals surface area contributed by atoms with Crippen LogP contribution in [0.25, 0.3) is 0 Å². The molecule has 3 amide bonds. The van der Waals surface area contributed by atoms with Crippen LogP contribution in [-0.4, -0.2) is 54.6 Å². The fourth-order valence-electron chi connectivity index (χ4n) is 4.06. The minimum Gasteiger partial charge on any atom is -0.454 e. The van der Waals surface area contributed by atoms with Gasteiger partial charge in [-0.2, -0.15) is 0 Å². The first-order valence-electron chi connectivity index (χ1n) is 11.6. The molecule has 2 aliphatic rings. The highest BCUT2D eigenvalue weighted by Gasteiger charge is 2.34. The minimum absolute atomic E-state index is 0.0140. The standard InChI is InChI=1S/C24H35N3O5/c1-5-16(4)25-24(30)22(17-8-10-27(11-9-17)21(28)12-15(2)3)26-23(29)18-6-7-19-20(13-18)32-14-31-19/h6-7,13,15-17,22H,5,8-12,14H2,1-4H3,(H,25,30)(H,26,29)/t16-,22-/m1/s1. The van der Waals surface area contributed by atoms with E-state index in [-0.39, 0.29) is 36.5 Å². The Hall–Kier alpha value is -2.77. The van der Waals surface area contributed by atoms with Crippen molar-refractivity contribution < 1.29 is 23.9 Å². The van der Waals surface area contributed by atoms with E-state index in [9.17, 15) is 14.4 Å². The molecule has 32 heavy (non-hydrogen) atoms. The van der Waals surface area contributed by atoms with Gasteiger partial charge in [0, 0.05) is 31.1 Å². The summed E-state index contributed by atoms with van der Waals surface area (Å²) in [7, 11) is 0. The molecular formula is C24H35N3O5. The van der Waals surface area contributed by atoms with Gasteiger partial charge in [0.15, 0.2) is 11.5 Å². The second-order valence-corrected chi connectivity index (χ2v) is 9.15. The van der Waals surface area contributed by atoms with Crippen LogP contribution in [0.3, 0.4) is 0 Å². The molecule has 8 nitrogen and oxygen atoms in total. The van der Waals surface area contributed by atoms with Gasteiger partial charge in [-0.3, -0.25) is 14.4 Å². The summed E-state index contributed by atoms with van der Waals surface area (Å²) in [5.74, 6) is 1.05. The Morgan fingerprint density at radius 2 is 1.75 bits per heavy atom. The van der Waals surface area contributed by atoms with Gasteiger partial charge in [0.2, 0.25) is 18.6 Å². The van der Waals surface area contributed by atoms with Crippen molar-refractivity contribution in [3.63, 3.8) is 0 Å². The number of ether oxygens (including phenoxy) is 2. The number of piperidine rings is 1. The molecule has 0 aromatic heterocycles. The summed E-state index contributed by atoms with van der Waals surface area (Å²) in [5, 5.41) is 5.96. The van der Waals surface area contributed by atoms with Crippen molar-refractivity contribution in [1.29, 1.82) is 0 Å². The molecule has 1 aromatic carbocycles. The first-order chi connectivity index (χ1) is 15.3. The second kappa shape index (κ2) is 10.7. The predicted molar refractivity (Wildman–Crippen MR) is 120 cm³/mol. The third-order valence-corrected chi connectivity index (χ3v) is 6.15. The summed E-state index contributed by atoms with van der Waals surface area (Å²) in [6.45, 7) is 9.35. The first kappa shape index (κ1) is 23.9. The monoisotopic (exact) mass is 445 g/mol. The lowest BCUT2D eigenvalue weighted by Gasteiger charge is -2.36. The predicted octanol–water partition coefficient (Wildman–Crippen LogP) is 2.71. The number of likely N-dealkylation sites (tertiary alicyclic amines) is 1. The number of hydrogen-bond donors (Lipinski definition) is 2. The number of rotatable bonds is 8. The van der Waals surface area contributed by atoms with Crippen LogP contribution in [0.1, 0.15) is 63.7 Å². The number of nitrogens with one attached hydrogen (secondary N) is 2. The third kappa shape index (κ3) is 5.93. The van der Waals surface area contributed by atoms with Crippen LogP contribution in [-0.2, 0) is 9.59 Å². The minimum atomic E-state index is -0.663. The van der Waals surface area contributed by atoms with Gasteiger partial charge in [-0.15, -0.1) is 0 Å². The highest BCUT2D eigenvalue weighted by atomic mass is 16.7. The Morgan fingerprint density at radius 3 is 2.41 bits per heavy atom. The molecule has 2 aliphatic heterocycles. The summed E-state index contributed by atoms with van der Waals surface area (Å²) in [6, 6.07) is 4.35. The molecule has 176 valence electrons. The van der Waals surface area contributed by atoms with E-state index >= 15 is 0 Å². The third-order valence-electron chi connectivity index (χ3n) is 6.15. The van der Waals surface area contributed by atoms with E-state index in [1.165, 1.54) is 0 Å². The number of carbonyl (C=O) groups excluding carboxylic acids is 3. The summed E-state index contributed by atoms with van der Waals surface area (Å²) in [5.41, 5.74) is 0.417. The zero-order valence-electron chi connectivity index (χ0n) is 19.5. The summed E-state index contributed by atoms with van der Waals surface area (Å²) >= 11 is 0. The highest BCUT2D eigenvalue weighted by Crippen LogP contribution is 2.32. The Balaban J connectivity index is 1.69. The first-order valence-corrected chi connectivity index (χ1v) is 11.6. The average Bonchev–Trinajstić information content (AvgIpc) is 3.24. The van der Waals surface area contributed by atoms with E-state index in [0.29, 0.717) is 55.3 Å². The smallest absolute Gasteiger partial charge is 0.252 e. The van der Waals surface area contributed by atoms with Crippen LogP contribution in [0.2, 0.25) is 0 Å². The maximum absolute atomic E-state index is 13.1. The zero-order chi connectivity index (χ0) is 23.3. The number of carbonyl (C=O) groups is 3. The molecule has 2 N–H and O–H groups in total. The van der Waals surface area contributed by atoms with Crippen LogP contribution >= 0.6 is 0 Å². The molecule has 8 heteroatoms. The van der Waals surface area contributed by atoms with E-state index in [2.05, 4.69) is 10.6 Å². The Morgan fingerprint density at radius 1 is 1.06 bits per heavy atom. The number of nitrogens with zero attached hydrogens (tertiary/aromatic N) is 1. The topological polar surface area (TPSA) is 97.0 Å². The van der Waals surface area contributed by atoms with Crippen LogP contribution in [0, 0.1) is 11.8 Å². The van der Waals surface area contributed by atoms with Gasteiger partial charge in [-0.25, -0.2) is 0 Å². The maximum atomic E-state index is 13.1. The zero-order valence-corrected chi connectivity index (χ0v) is 19.5. The van der Waals surface area contributed by atoms with Gasteiger partial charge in [0.25, 0.3) is 5.91 Å². The van der Waals surface area contributed by atoms with Crippen molar-refractivity contribution in [2.75, 3.05) is 19.9 Å². The summed E-state index contributed by atoms with van der Waals surface area (Å²) in [6.07, 6.45) is 2.67. The van der Waals surface area contributed by atoms with Crippen molar-refractivity contribution in [3.05, 3.63) is 23.8 Å². The molecule has 2 heterocycles. The van der Waals surface area contributed by atoms with E-state index in [1.807, 2.05) is 32.6 Å². The largest absolute Gasteiger partial charge is 0.454 e. The van der Waals surface area contributed by atoms with Gasteiger partial charge < -0.3 is 25.0 Å². The Bertz CT molecular complexity index is 833. The van der Waals surface area contributed by atoms with Crippen LogP contribution in [0.15, 0.2) is 18.2 Å². The van der Waals surface area contributed by atoms with Crippen LogP contribution in [0.5, 0.6) is 11.5 Å². The Labute approximate surface area is 190 Å². The molecule has 0 radical (unpaired) electrons. The molecule has 2 atom stereocenters. The van der Waals surface area contributed by atoms with Crippen molar-refractivity contribution in [3.8, 4) is 11.5 Å². The lowest BCUT2D eigenvalue weighted by molar-refractivity contribution is -0.133. The molecule has 0 saturated carbocycles. The molecule has 1 fully saturated rings. The number of fused-ring (bicyclic) bond motifs is 1. The van der Waals surface area contributed by atoms with Gasteiger partial charge in [-0.1, -0.05) is 20.8 Å². The van der Waals surface area contributed by atoms with Crippen molar-refractivity contribution >= 4 is 17.7 Å². The molecule has 0 aliphatic carbocycles. The molecule has 0 bridgehead atoms. The number of amides is 3. The lowest BCUT2D eigenvalue weighted by atomic mass is 9.88. The van der Waals surface area contributed by atoms with Gasteiger partial charge in [0.05, 0.1) is 0 Å². The van der Waals surface area contributed by atoms with E-state index in [4.69, 9.17) is 9.47 Å².